The van der Waals surface area contributed by atoms with Gasteiger partial charge in [0.2, 0.25) is 0 Å². The van der Waals surface area contributed by atoms with Gasteiger partial charge in [-0.05, 0) is 54.1 Å². The first-order chi connectivity index (χ1) is 8.25. The van der Waals surface area contributed by atoms with Gasteiger partial charge in [-0.15, -0.1) is 0 Å². The standard InChI is InChI=1S/C17H22/c1-12(2)11-15-10-9-14-8-7-13-5-3-4-6-16(13)17(14)15/h3-8,12,14-15,17H,9-11H2,1-2H3. The molecule has 0 aliphatic heterocycles. The quantitative estimate of drug-likeness (QED) is 0.675. The van der Waals surface area contributed by atoms with Gasteiger partial charge in [0.25, 0.3) is 0 Å². The Hall–Kier alpha value is -1.04. The van der Waals surface area contributed by atoms with E-state index in [0.29, 0.717) is 0 Å². The van der Waals surface area contributed by atoms with Crippen molar-refractivity contribution in [3.63, 3.8) is 0 Å². The van der Waals surface area contributed by atoms with E-state index in [1.807, 2.05) is 0 Å². The molecular formula is C17H22. The number of hydrogen-bond donors (Lipinski definition) is 0. The number of hydrogen-bond acceptors (Lipinski definition) is 0. The molecule has 3 atom stereocenters. The van der Waals surface area contributed by atoms with Gasteiger partial charge in [0.1, 0.15) is 0 Å². The molecule has 0 aromatic heterocycles. The van der Waals surface area contributed by atoms with E-state index < -0.39 is 0 Å². The Labute approximate surface area is 105 Å². The van der Waals surface area contributed by atoms with E-state index >= 15 is 0 Å². The second kappa shape index (κ2) is 4.33. The number of rotatable bonds is 2. The molecule has 0 N–H and O–H groups in total. The fourth-order valence-corrected chi connectivity index (χ4v) is 3.88. The van der Waals surface area contributed by atoms with Gasteiger partial charge in [0, 0.05) is 0 Å². The summed E-state index contributed by atoms with van der Waals surface area (Å²) in [6, 6.07) is 9.00. The van der Waals surface area contributed by atoms with Crippen LogP contribution in [0.2, 0.25) is 0 Å². The molecule has 1 aromatic carbocycles. The van der Waals surface area contributed by atoms with Crippen LogP contribution >= 0.6 is 0 Å². The SMILES string of the molecule is CC(C)CC1CCC2C=Cc3ccccc3C21. The third kappa shape index (κ3) is 1.94. The van der Waals surface area contributed by atoms with Gasteiger partial charge in [-0.25, -0.2) is 0 Å². The van der Waals surface area contributed by atoms with Crippen LogP contribution in [0.25, 0.3) is 6.08 Å². The molecule has 17 heavy (non-hydrogen) atoms. The maximum absolute atomic E-state index is 2.47. The summed E-state index contributed by atoms with van der Waals surface area (Å²) < 4.78 is 0. The first-order valence-corrected chi connectivity index (χ1v) is 7.03. The molecule has 2 aliphatic carbocycles. The molecule has 0 nitrogen and oxygen atoms in total. The molecule has 0 spiro atoms. The lowest BCUT2D eigenvalue weighted by atomic mass is 9.75. The summed E-state index contributed by atoms with van der Waals surface area (Å²) in [5, 5.41) is 0. The molecular weight excluding hydrogens is 204 g/mol. The van der Waals surface area contributed by atoms with Crippen molar-refractivity contribution in [3.05, 3.63) is 41.5 Å². The monoisotopic (exact) mass is 226 g/mol. The fourth-order valence-electron chi connectivity index (χ4n) is 3.88. The smallest absolute Gasteiger partial charge is 0.00645 e. The van der Waals surface area contributed by atoms with E-state index in [9.17, 15) is 0 Å². The van der Waals surface area contributed by atoms with Crippen LogP contribution in [-0.2, 0) is 0 Å². The molecule has 1 aromatic rings. The van der Waals surface area contributed by atoms with Crippen LogP contribution in [0.3, 0.4) is 0 Å². The Morgan fingerprint density at radius 2 is 2.00 bits per heavy atom. The average molecular weight is 226 g/mol. The molecule has 2 aliphatic rings. The second-order valence-electron chi connectivity index (χ2n) is 6.14. The molecule has 0 heterocycles. The van der Waals surface area contributed by atoms with Gasteiger partial charge in [-0.1, -0.05) is 50.3 Å². The molecule has 90 valence electrons. The van der Waals surface area contributed by atoms with Crippen molar-refractivity contribution < 1.29 is 0 Å². The van der Waals surface area contributed by atoms with Crippen LogP contribution in [0.5, 0.6) is 0 Å². The summed E-state index contributed by atoms with van der Waals surface area (Å²) in [5.41, 5.74) is 3.08. The van der Waals surface area contributed by atoms with Crippen LogP contribution < -0.4 is 0 Å². The highest BCUT2D eigenvalue weighted by Crippen LogP contribution is 2.50. The van der Waals surface area contributed by atoms with Crippen LogP contribution in [0, 0.1) is 17.8 Å². The molecule has 0 amide bonds. The lowest BCUT2D eigenvalue weighted by molar-refractivity contribution is 0.368. The molecule has 1 fully saturated rings. The molecule has 0 bridgehead atoms. The summed E-state index contributed by atoms with van der Waals surface area (Å²) in [4.78, 5) is 0. The number of fused-ring (bicyclic) bond motifs is 3. The highest BCUT2D eigenvalue weighted by molar-refractivity contribution is 5.59. The van der Waals surface area contributed by atoms with Gasteiger partial charge in [0.05, 0.1) is 0 Å². The predicted octanol–water partition coefficient (Wildman–Crippen LogP) is 4.87. The van der Waals surface area contributed by atoms with Gasteiger partial charge < -0.3 is 0 Å². The van der Waals surface area contributed by atoms with Gasteiger partial charge in [0.15, 0.2) is 0 Å². The molecule has 3 unspecified atom stereocenters. The van der Waals surface area contributed by atoms with Crippen molar-refractivity contribution in [2.45, 2.75) is 39.0 Å². The zero-order valence-corrected chi connectivity index (χ0v) is 10.9. The van der Waals surface area contributed by atoms with Crippen LogP contribution in [0.4, 0.5) is 0 Å². The van der Waals surface area contributed by atoms with Gasteiger partial charge in [-0.3, -0.25) is 0 Å². The largest absolute Gasteiger partial charge is 0.0802 e. The first kappa shape index (κ1) is 11.1. The van der Waals surface area contributed by atoms with Crippen molar-refractivity contribution in [2.24, 2.45) is 17.8 Å². The van der Waals surface area contributed by atoms with Crippen molar-refractivity contribution in [1.29, 1.82) is 0 Å². The first-order valence-electron chi connectivity index (χ1n) is 7.03. The van der Waals surface area contributed by atoms with E-state index in [1.165, 1.54) is 24.8 Å². The van der Waals surface area contributed by atoms with Crippen molar-refractivity contribution in [3.8, 4) is 0 Å². The summed E-state index contributed by atoms with van der Waals surface area (Å²) >= 11 is 0. The zero-order valence-electron chi connectivity index (χ0n) is 10.9. The van der Waals surface area contributed by atoms with Crippen molar-refractivity contribution in [1.82, 2.24) is 0 Å². The minimum Gasteiger partial charge on any atom is -0.0802 e. The average Bonchev–Trinajstić information content (AvgIpc) is 2.72. The minimum atomic E-state index is 0.804. The molecule has 1 saturated carbocycles. The molecule has 3 rings (SSSR count). The third-order valence-corrected chi connectivity index (χ3v) is 4.49. The Morgan fingerprint density at radius 1 is 1.18 bits per heavy atom. The van der Waals surface area contributed by atoms with E-state index in [0.717, 1.165) is 23.7 Å². The maximum atomic E-state index is 2.47. The molecule has 0 saturated heterocycles. The fraction of sp³-hybridized carbons (Fsp3) is 0.529. The zero-order chi connectivity index (χ0) is 11.8. The van der Waals surface area contributed by atoms with E-state index in [1.54, 1.807) is 5.56 Å². The van der Waals surface area contributed by atoms with E-state index in [4.69, 9.17) is 0 Å². The molecule has 0 radical (unpaired) electrons. The molecule has 0 heteroatoms. The normalized spacial score (nSPS) is 30.4. The second-order valence-corrected chi connectivity index (χ2v) is 6.14. The van der Waals surface area contributed by atoms with Gasteiger partial charge in [-0.2, -0.15) is 0 Å². The van der Waals surface area contributed by atoms with Gasteiger partial charge >= 0.3 is 0 Å². The number of allylic oxidation sites excluding steroid dienone is 1. The Bertz CT molecular complexity index is 427. The third-order valence-electron chi connectivity index (χ3n) is 4.49. The topological polar surface area (TPSA) is 0 Å². The Morgan fingerprint density at radius 3 is 2.82 bits per heavy atom. The van der Waals surface area contributed by atoms with Crippen molar-refractivity contribution >= 4 is 6.08 Å². The number of benzene rings is 1. The van der Waals surface area contributed by atoms with Crippen LogP contribution in [-0.4, -0.2) is 0 Å². The highest BCUT2D eigenvalue weighted by Gasteiger charge is 2.38. The summed E-state index contributed by atoms with van der Waals surface area (Å²) in [6.07, 6.45) is 9.02. The Kier molecular flexibility index (Phi) is 2.82. The predicted molar refractivity (Wildman–Crippen MR) is 73.9 cm³/mol. The summed E-state index contributed by atoms with van der Waals surface area (Å²) in [6.45, 7) is 4.72. The lowest BCUT2D eigenvalue weighted by Gasteiger charge is -2.29. The summed E-state index contributed by atoms with van der Waals surface area (Å²) in [7, 11) is 0. The summed E-state index contributed by atoms with van der Waals surface area (Å²) in [5.74, 6) is 3.36. The van der Waals surface area contributed by atoms with Crippen LogP contribution in [0.1, 0.15) is 50.2 Å². The van der Waals surface area contributed by atoms with Crippen molar-refractivity contribution in [2.75, 3.05) is 0 Å². The van der Waals surface area contributed by atoms with E-state index in [2.05, 4.69) is 50.3 Å². The minimum absolute atomic E-state index is 0.804. The maximum Gasteiger partial charge on any atom is -0.00645 e. The van der Waals surface area contributed by atoms with Crippen LogP contribution in [0.15, 0.2) is 30.3 Å². The Balaban J connectivity index is 1.94. The lowest BCUT2D eigenvalue weighted by Crippen LogP contribution is -2.17. The van der Waals surface area contributed by atoms with E-state index in [-0.39, 0.29) is 0 Å². The highest BCUT2D eigenvalue weighted by atomic mass is 14.4.